The van der Waals surface area contributed by atoms with E-state index in [1.807, 2.05) is 18.2 Å². The third kappa shape index (κ3) is 3.37. The van der Waals surface area contributed by atoms with Gasteiger partial charge in [0.05, 0.1) is 0 Å². The van der Waals surface area contributed by atoms with Crippen molar-refractivity contribution in [1.29, 1.82) is 0 Å². The van der Waals surface area contributed by atoms with Crippen molar-refractivity contribution in [3.63, 3.8) is 0 Å². The number of hydrogen-bond donors (Lipinski definition) is 3. The van der Waals surface area contributed by atoms with Crippen LogP contribution < -0.4 is 16.4 Å². The standard InChI is InChI=1S/C20H26N4O3/c21-12-20(7-1-2-8-20)22-10-13-3-4-15-14(9-13)11-24(19(15)27)16-5-6-17(25)23-18(16)26/h3-4,9,16,22H,1-2,5-8,10-12,21H2,(H,23,25,26). The largest absolute Gasteiger partial charge is 0.329 e. The van der Waals surface area contributed by atoms with Crippen LogP contribution in [-0.2, 0) is 22.7 Å². The molecule has 1 saturated carbocycles. The fourth-order valence-electron chi connectivity index (χ4n) is 4.53. The Morgan fingerprint density at radius 2 is 2.00 bits per heavy atom. The highest BCUT2D eigenvalue weighted by atomic mass is 16.2. The second-order valence-corrected chi connectivity index (χ2v) is 7.94. The van der Waals surface area contributed by atoms with Gasteiger partial charge in [-0.15, -0.1) is 0 Å². The molecule has 0 radical (unpaired) electrons. The molecule has 0 spiro atoms. The second kappa shape index (κ2) is 7.05. The fraction of sp³-hybridized carbons (Fsp3) is 0.550. The Labute approximate surface area is 158 Å². The summed E-state index contributed by atoms with van der Waals surface area (Å²) < 4.78 is 0. The minimum atomic E-state index is -0.567. The number of nitrogens with zero attached hydrogens (tertiary/aromatic N) is 1. The molecule has 1 saturated heterocycles. The van der Waals surface area contributed by atoms with Gasteiger partial charge in [-0.2, -0.15) is 0 Å². The predicted molar refractivity (Wildman–Crippen MR) is 99.6 cm³/mol. The lowest BCUT2D eigenvalue weighted by molar-refractivity contribution is -0.136. The molecule has 7 nitrogen and oxygen atoms in total. The van der Waals surface area contributed by atoms with Crippen molar-refractivity contribution in [3.05, 3.63) is 34.9 Å². The fourth-order valence-corrected chi connectivity index (χ4v) is 4.53. The first-order valence-corrected chi connectivity index (χ1v) is 9.73. The van der Waals surface area contributed by atoms with Gasteiger partial charge in [0.15, 0.2) is 0 Å². The van der Waals surface area contributed by atoms with Crippen molar-refractivity contribution in [2.45, 2.75) is 63.2 Å². The van der Waals surface area contributed by atoms with Crippen LogP contribution in [0.25, 0.3) is 0 Å². The minimum Gasteiger partial charge on any atom is -0.329 e. The van der Waals surface area contributed by atoms with Crippen LogP contribution in [0.4, 0.5) is 0 Å². The minimum absolute atomic E-state index is 0.0353. The lowest BCUT2D eigenvalue weighted by Gasteiger charge is -2.29. The molecule has 4 rings (SSSR count). The van der Waals surface area contributed by atoms with E-state index >= 15 is 0 Å². The average molecular weight is 370 g/mol. The lowest BCUT2D eigenvalue weighted by Crippen LogP contribution is -2.52. The van der Waals surface area contributed by atoms with Crippen molar-refractivity contribution in [2.24, 2.45) is 5.73 Å². The summed E-state index contributed by atoms with van der Waals surface area (Å²) in [5.41, 5.74) is 8.73. The molecule has 0 bridgehead atoms. The number of nitrogens with one attached hydrogen (secondary N) is 2. The number of carbonyl (C=O) groups excluding carboxylic acids is 3. The molecule has 2 aliphatic heterocycles. The van der Waals surface area contributed by atoms with Gasteiger partial charge in [0, 0.05) is 37.2 Å². The summed E-state index contributed by atoms with van der Waals surface area (Å²) in [4.78, 5) is 37.8. The molecule has 3 amide bonds. The molecule has 1 aromatic carbocycles. The molecule has 2 fully saturated rings. The Kier molecular flexibility index (Phi) is 4.74. The smallest absolute Gasteiger partial charge is 0.255 e. The maximum absolute atomic E-state index is 12.7. The third-order valence-corrected chi connectivity index (χ3v) is 6.21. The van der Waals surface area contributed by atoms with E-state index in [-0.39, 0.29) is 29.7 Å². The van der Waals surface area contributed by atoms with E-state index in [0.29, 0.717) is 25.1 Å². The number of nitrogens with two attached hydrogens (primary N) is 1. The summed E-state index contributed by atoms with van der Waals surface area (Å²) in [5, 5.41) is 5.96. The molecular formula is C20H26N4O3. The molecule has 1 atom stereocenters. The highest BCUT2D eigenvalue weighted by Crippen LogP contribution is 2.30. The summed E-state index contributed by atoms with van der Waals surface area (Å²) in [6.07, 6.45) is 5.30. The third-order valence-electron chi connectivity index (χ3n) is 6.21. The first kappa shape index (κ1) is 18.1. The quantitative estimate of drug-likeness (QED) is 0.666. The Morgan fingerprint density at radius 3 is 2.70 bits per heavy atom. The van der Waals surface area contributed by atoms with Crippen molar-refractivity contribution in [1.82, 2.24) is 15.5 Å². The molecule has 1 aromatic rings. The summed E-state index contributed by atoms with van der Waals surface area (Å²) in [5.74, 6) is -0.775. The van der Waals surface area contributed by atoms with Gasteiger partial charge in [-0.1, -0.05) is 25.0 Å². The zero-order chi connectivity index (χ0) is 19.0. The van der Waals surface area contributed by atoms with Crippen molar-refractivity contribution in [2.75, 3.05) is 6.54 Å². The molecule has 2 heterocycles. The van der Waals surface area contributed by atoms with E-state index in [9.17, 15) is 14.4 Å². The van der Waals surface area contributed by atoms with Crippen LogP contribution in [0, 0.1) is 0 Å². The van der Waals surface area contributed by atoms with Gasteiger partial charge < -0.3 is 16.0 Å². The van der Waals surface area contributed by atoms with E-state index in [4.69, 9.17) is 5.73 Å². The molecule has 3 aliphatic rings. The normalized spacial score (nSPS) is 24.3. The van der Waals surface area contributed by atoms with Crippen molar-refractivity contribution in [3.8, 4) is 0 Å². The molecule has 0 aromatic heterocycles. The summed E-state index contributed by atoms with van der Waals surface area (Å²) in [6.45, 7) is 1.77. The average Bonchev–Trinajstić information content (AvgIpc) is 3.26. The first-order chi connectivity index (χ1) is 13.0. The zero-order valence-corrected chi connectivity index (χ0v) is 15.4. The van der Waals surface area contributed by atoms with Crippen LogP contribution in [0.15, 0.2) is 18.2 Å². The molecular weight excluding hydrogens is 344 g/mol. The Balaban J connectivity index is 1.46. The van der Waals surface area contributed by atoms with E-state index in [1.165, 1.54) is 12.8 Å². The number of fused-ring (bicyclic) bond motifs is 1. The topological polar surface area (TPSA) is 105 Å². The molecule has 1 aliphatic carbocycles. The van der Waals surface area contributed by atoms with Crippen LogP contribution in [0.2, 0.25) is 0 Å². The number of rotatable bonds is 5. The zero-order valence-electron chi connectivity index (χ0n) is 15.4. The van der Waals surface area contributed by atoms with Crippen LogP contribution in [0.5, 0.6) is 0 Å². The van der Waals surface area contributed by atoms with E-state index in [1.54, 1.807) is 4.90 Å². The number of hydrogen-bond acceptors (Lipinski definition) is 5. The predicted octanol–water partition coefficient (Wildman–Crippen LogP) is 0.809. The van der Waals surface area contributed by atoms with Gasteiger partial charge in [-0.3, -0.25) is 19.7 Å². The van der Waals surface area contributed by atoms with Crippen LogP contribution in [0.3, 0.4) is 0 Å². The highest BCUT2D eigenvalue weighted by molar-refractivity contribution is 6.05. The molecule has 7 heteroatoms. The molecule has 27 heavy (non-hydrogen) atoms. The summed E-state index contributed by atoms with van der Waals surface area (Å²) >= 11 is 0. The van der Waals surface area contributed by atoms with Crippen LogP contribution in [-0.4, -0.2) is 40.7 Å². The van der Waals surface area contributed by atoms with Crippen LogP contribution >= 0.6 is 0 Å². The first-order valence-electron chi connectivity index (χ1n) is 9.73. The lowest BCUT2D eigenvalue weighted by atomic mass is 9.97. The number of amides is 3. The van der Waals surface area contributed by atoms with Gasteiger partial charge in [0.2, 0.25) is 11.8 Å². The number of benzene rings is 1. The van der Waals surface area contributed by atoms with E-state index in [2.05, 4.69) is 10.6 Å². The monoisotopic (exact) mass is 370 g/mol. The van der Waals surface area contributed by atoms with E-state index in [0.717, 1.165) is 30.5 Å². The Morgan fingerprint density at radius 1 is 1.22 bits per heavy atom. The van der Waals surface area contributed by atoms with Gasteiger partial charge in [-0.05, 0) is 36.5 Å². The van der Waals surface area contributed by atoms with Crippen LogP contribution in [0.1, 0.15) is 60.0 Å². The molecule has 4 N–H and O–H groups in total. The van der Waals surface area contributed by atoms with Gasteiger partial charge in [-0.25, -0.2) is 0 Å². The van der Waals surface area contributed by atoms with Crippen molar-refractivity contribution < 1.29 is 14.4 Å². The SMILES string of the molecule is NCC1(NCc2ccc3c(c2)CN(C2CCC(=O)NC2=O)C3=O)CCCC1. The number of piperidine rings is 1. The second-order valence-electron chi connectivity index (χ2n) is 7.94. The maximum atomic E-state index is 12.7. The number of carbonyl (C=O) groups is 3. The Hall–Kier alpha value is -2.25. The van der Waals surface area contributed by atoms with Gasteiger partial charge in [0.1, 0.15) is 6.04 Å². The summed E-state index contributed by atoms with van der Waals surface area (Å²) in [7, 11) is 0. The maximum Gasteiger partial charge on any atom is 0.255 e. The van der Waals surface area contributed by atoms with E-state index < -0.39 is 6.04 Å². The van der Waals surface area contributed by atoms with Gasteiger partial charge >= 0.3 is 0 Å². The number of imide groups is 1. The Bertz CT molecular complexity index is 785. The van der Waals surface area contributed by atoms with Crippen molar-refractivity contribution >= 4 is 17.7 Å². The molecule has 1 unspecified atom stereocenters. The highest BCUT2D eigenvalue weighted by Gasteiger charge is 2.39. The molecule has 144 valence electrons. The van der Waals surface area contributed by atoms with Gasteiger partial charge in [0.25, 0.3) is 5.91 Å². The summed E-state index contributed by atoms with van der Waals surface area (Å²) in [6, 6.07) is 5.30.